The second kappa shape index (κ2) is 7.25. The summed E-state index contributed by atoms with van der Waals surface area (Å²) in [5.74, 6) is 0.960. The van der Waals surface area contributed by atoms with Gasteiger partial charge >= 0.3 is 0 Å². The van der Waals surface area contributed by atoms with Crippen LogP contribution in [0, 0.1) is 13.8 Å². The van der Waals surface area contributed by atoms with Crippen molar-refractivity contribution in [3.8, 4) is 0 Å². The van der Waals surface area contributed by atoms with Crippen molar-refractivity contribution < 1.29 is 4.52 Å². The number of thiophene rings is 1. The Morgan fingerprint density at radius 2 is 1.86 bits per heavy atom. The van der Waals surface area contributed by atoms with Crippen LogP contribution in [0.3, 0.4) is 0 Å². The van der Waals surface area contributed by atoms with Crippen LogP contribution in [0.2, 0.25) is 0 Å². The summed E-state index contributed by atoms with van der Waals surface area (Å²) in [5, 5.41) is 4.06. The minimum atomic E-state index is 0.958. The normalized spacial score (nSPS) is 17.8. The van der Waals surface area contributed by atoms with Crippen molar-refractivity contribution in [2.75, 3.05) is 26.2 Å². The molecule has 0 N–H and O–H groups in total. The molecule has 0 amide bonds. The fourth-order valence-corrected chi connectivity index (χ4v) is 4.47. The summed E-state index contributed by atoms with van der Waals surface area (Å²) in [6, 6.07) is 4.36. The van der Waals surface area contributed by atoms with E-state index in [-0.39, 0.29) is 0 Å². The van der Waals surface area contributed by atoms with Crippen LogP contribution in [0.5, 0.6) is 0 Å². The molecule has 1 fully saturated rings. The first-order chi connectivity index (χ1) is 10.6. The van der Waals surface area contributed by atoms with Crippen LogP contribution in [0.1, 0.15) is 28.3 Å². The first kappa shape index (κ1) is 16.2. The van der Waals surface area contributed by atoms with Crippen LogP contribution in [0.25, 0.3) is 0 Å². The van der Waals surface area contributed by atoms with E-state index >= 15 is 0 Å². The Labute approximate surface area is 144 Å². The van der Waals surface area contributed by atoms with E-state index in [0.717, 1.165) is 44.2 Å². The van der Waals surface area contributed by atoms with Gasteiger partial charge in [-0.1, -0.05) is 5.16 Å². The number of aromatic nitrogens is 1. The van der Waals surface area contributed by atoms with Crippen LogP contribution in [-0.2, 0) is 13.1 Å². The molecule has 0 aromatic carbocycles. The van der Waals surface area contributed by atoms with Crippen molar-refractivity contribution in [1.29, 1.82) is 0 Å². The fourth-order valence-electron chi connectivity index (χ4n) is 2.95. The van der Waals surface area contributed by atoms with E-state index in [1.807, 2.05) is 25.2 Å². The highest BCUT2D eigenvalue weighted by molar-refractivity contribution is 9.11. The van der Waals surface area contributed by atoms with E-state index in [1.54, 1.807) is 0 Å². The van der Waals surface area contributed by atoms with E-state index in [1.165, 1.54) is 27.2 Å². The minimum Gasteiger partial charge on any atom is -0.361 e. The third-order valence-electron chi connectivity index (χ3n) is 4.25. The summed E-state index contributed by atoms with van der Waals surface area (Å²) >= 11 is 5.38. The van der Waals surface area contributed by atoms with Gasteiger partial charge in [0.2, 0.25) is 0 Å². The van der Waals surface area contributed by atoms with Crippen LogP contribution in [0.15, 0.2) is 20.4 Å². The van der Waals surface area contributed by atoms with Gasteiger partial charge < -0.3 is 4.52 Å². The predicted molar refractivity (Wildman–Crippen MR) is 93.2 cm³/mol. The van der Waals surface area contributed by atoms with Crippen LogP contribution < -0.4 is 0 Å². The molecule has 1 saturated heterocycles. The number of nitrogens with zero attached hydrogens (tertiary/aromatic N) is 3. The first-order valence-electron chi connectivity index (χ1n) is 7.72. The summed E-state index contributed by atoms with van der Waals surface area (Å²) in [6.45, 7) is 10.6. The summed E-state index contributed by atoms with van der Waals surface area (Å²) < 4.78 is 6.50. The Balaban J connectivity index is 1.55. The van der Waals surface area contributed by atoms with Gasteiger partial charge in [0.05, 0.1) is 9.48 Å². The topological polar surface area (TPSA) is 32.5 Å². The summed E-state index contributed by atoms with van der Waals surface area (Å²) in [5.41, 5.74) is 2.29. The zero-order valence-corrected chi connectivity index (χ0v) is 15.5. The third-order valence-corrected chi connectivity index (χ3v) is 5.86. The Kier molecular flexibility index (Phi) is 5.33. The molecule has 2 aromatic heterocycles. The van der Waals surface area contributed by atoms with Crippen molar-refractivity contribution >= 4 is 27.3 Å². The number of hydrogen-bond donors (Lipinski definition) is 0. The van der Waals surface area contributed by atoms with Gasteiger partial charge in [0.1, 0.15) is 5.76 Å². The van der Waals surface area contributed by atoms with Gasteiger partial charge in [-0.05, 0) is 61.4 Å². The number of aryl methyl sites for hydroxylation is 2. The summed E-state index contributed by atoms with van der Waals surface area (Å²) in [4.78, 5) is 6.52. The lowest BCUT2D eigenvalue weighted by molar-refractivity contribution is 0.247. The van der Waals surface area contributed by atoms with E-state index in [0.29, 0.717) is 0 Å². The zero-order chi connectivity index (χ0) is 15.5. The lowest BCUT2D eigenvalue weighted by Gasteiger charge is -2.21. The fraction of sp³-hybridized carbons (Fsp3) is 0.562. The molecular weight excluding hydrogens is 362 g/mol. The number of hydrogen-bond acceptors (Lipinski definition) is 5. The van der Waals surface area contributed by atoms with Crippen molar-refractivity contribution in [3.05, 3.63) is 37.8 Å². The molecule has 3 heterocycles. The molecule has 0 bridgehead atoms. The van der Waals surface area contributed by atoms with Crippen molar-refractivity contribution in [1.82, 2.24) is 15.0 Å². The van der Waals surface area contributed by atoms with Crippen molar-refractivity contribution in [2.24, 2.45) is 0 Å². The molecule has 0 radical (unpaired) electrons. The largest absolute Gasteiger partial charge is 0.361 e. The molecule has 0 spiro atoms. The van der Waals surface area contributed by atoms with Gasteiger partial charge in [-0.25, -0.2) is 0 Å². The van der Waals surface area contributed by atoms with E-state index in [2.05, 4.69) is 43.0 Å². The zero-order valence-electron chi connectivity index (χ0n) is 13.1. The standard InChI is InChI=1S/C16H22BrN3OS/c1-12-15(13(2)21-18-12)11-20-7-3-6-19(8-9-20)10-14-4-5-16(17)22-14/h4-5H,3,6-11H2,1-2H3. The molecular formula is C16H22BrN3OS. The van der Waals surface area contributed by atoms with Crippen LogP contribution >= 0.6 is 27.3 Å². The van der Waals surface area contributed by atoms with Crippen molar-refractivity contribution in [3.63, 3.8) is 0 Å². The van der Waals surface area contributed by atoms with Crippen molar-refractivity contribution in [2.45, 2.75) is 33.4 Å². The third kappa shape index (κ3) is 3.98. The quantitative estimate of drug-likeness (QED) is 0.802. The summed E-state index contributed by atoms with van der Waals surface area (Å²) in [6.07, 6.45) is 1.22. The Morgan fingerprint density at radius 1 is 1.14 bits per heavy atom. The maximum absolute atomic E-state index is 5.28. The number of rotatable bonds is 4. The average Bonchev–Trinajstić information content (AvgIpc) is 2.94. The van der Waals surface area contributed by atoms with Gasteiger partial charge in [0.15, 0.2) is 0 Å². The molecule has 0 unspecified atom stereocenters. The van der Waals surface area contributed by atoms with Gasteiger partial charge in [-0.2, -0.15) is 0 Å². The molecule has 4 nitrogen and oxygen atoms in total. The number of halogens is 1. The molecule has 0 atom stereocenters. The molecule has 2 aromatic rings. The molecule has 0 aliphatic carbocycles. The van der Waals surface area contributed by atoms with Gasteiger partial charge in [0, 0.05) is 36.6 Å². The molecule has 22 heavy (non-hydrogen) atoms. The molecule has 6 heteroatoms. The molecule has 3 rings (SSSR count). The van der Waals surface area contributed by atoms with Gasteiger partial charge in [-0.15, -0.1) is 11.3 Å². The SMILES string of the molecule is Cc1noc(C)c1CN1CCCN(Cc2ccc(Br)s2)CC1. The molecule has 120 valence electrons. The first-order valence-corrected chi connectivity index (χ1v) is 9.33. The Bertz CT molecular complexity index is 605. The van der Waals surface area contributed by atoms with Crippen LogP contribution in [-0.4, -0.2) is 41.1 Å². The van der Waals surface area contributed by atoms with Gasteiger partial charge in [-0.3, -0.25) is 9.80 Å². The van der Waals surface area contributed by atoms with E-state index < -0.39 is 0 Å². The Morgan fingerprint density at radius 3 is 2.45 bits per heavy atom. The Hall–Kier alpha value is -0.690. The lowest BCUT2D eigenvalue weighted by atomic mass is 10.2. The maximum Gasteiger partial charge on any atom is 0.138 e. The predicted octanol–water partition coefficient (Wildman–Crippen LogP) is 3.82. The van der Waals surface area contributed by atoms with Crippen LogP contribution in [0.4, 0.5) is 0 Å². The highest BCUT2D eigenvalue weighted by atomic mass is 79.9. The molecule has 1 aliphatic rings. The molecule has 0 saturated carbocycles. The average molecular weight is 384 g/mol. The highest BCUT2D eigenvalue weighted by Gasteiger charge is 2.18. The molecule has 1 aliphatic heterocycles. The minimum absolute atomic E-state index is 0.958. The van der Waals surface area contributed by atoms with Gasteiger partial charge in [0.25, 0.3) is 0 Å². The monoisotopic (exact) mass is 383 g/mol. The second-order valence-electron chi connectivity index (χ2n) is 5.91. The highest BCUT2D eigenvalue weighted by Crippen LogP contribution is 2.24. The van der Waals surface area contributed by atoms with E-state index in [9.17, 15) is 0 Å². The summed E-state index contributed by atoms with van der Waals surface area (Å²) in [7, 11) is 0. The maximum atomic E-state index is 5.28. The second-order valence-corrected chi connectivity index (χ2v) is 8.46. The lowest BCUT2D eigenvalue weighted by Crippen LogP contribution is -2.30. The van der Waals surface area contributed by atoms with E-state index in [4.69, 9.17) is 4.52 Å². The smallest absolute Gasteiger partial charge is 0.138 e.